The average molecular weight is 356 g/mol. The number of anilines is 1. The van der Waals surface area contributed by atoms with E-state index >= 15 is 0 Å². The van der Waals surface area contributed by atoms with E-state index < -0.39 is 0 Å². The second-order valence-corrected chi connectivity index (χ2v) is 7.05. The molecule has 2 saturated heterocycles. The summed E-state index contributed by atoms with van der Waals surface area (Å²) in [6, 6.07) is 0. The standard InChI is InChI=1S/C14H22BrN5O/c1-18(2)3-4-20-14(21)13(15)12(7-17-20)19-8-10-5-16-6-11(10)9-19/h7,10-11,16H,3-6,8-9H2,1-2H3/t10-,11+. The lowest BCUT2D eigenvalue weighted by atomic mass is 10.0. The molecule has 0 aliphatic carbocycles. The molecule has 21 heavy (non-hydrogen) atoms. The van der Waals surface area contributed by atoms with Gasteiger partial charge >= 0.3 is 0 Å². The molecule has 7 heteroatoms. The summed E-state index contributed by atoms with van der Waals surface area (Å²) in [5, 5.41) is 7.77. The lowest BCUT2D eigenvalue weighted by molar-refractivity contribution is 0.367. The maximum absolute atomic E-state index is 12.4. The van der Waals surface area contributed by atoms with Gasteiger partial charge in [0.25, 0.3) is 5.56 Å². The zero-order valence-corrected chi connectivity index (χ0v) is 14.1. The van der Waals surface area contributed by atoms with Gasteiger partial charge in [0.05, 0.1) is 18.4 Å². The van der Waals surface area contributed by atoms with Crippen molar-refractivity contribution in [2.45, 2.75) is 6.54 Å². The minimum Gasteiger partial charge on any atom is -0.368 e. The number of aromatic nitrogens is 2. The molecule has 2 atom stereocenters. The zero-order chi connectivity index (χ0) is 15.0. The lowest BCUT2D eigenvalue weighted by Crippen LogP contribution is -2.32. The van der Waals surface area contributed by atoms with Gasteiger partial charge in [-0.2, -0.15) is 5.10 Å². The maximum atomic E-state index is 12.4. The first-order valence-corrected chi connectivity index (χ1v) is 8.21. The van der Waals surface area contributed by atoms with E-state index in [0.717, 1.165) is 38.4 Å². The predicted molar refractivity (Wildman–Crippen MR) is 86.8 cm³/mol. The summed E-state index contributed by atoms with van der Waals surface area (Å²) in [7, 11) is 3.98. The van der Waals surface area contributed by atoms with Crippen molar-refractivity contribution >= 4 is 21.6 Å². The molecule has 6 nitrogen and oxygen atoms in total. The van der Waals surface area contributed by atoms with Crippen molar-refractivity contribution in [3.63, 3.8) is 0 Å². The fourth-order valence-corrected chi connectivity index (χ4v) is 3.74. The van der Waals surface area contributed by atoms with E-state index in [1.54, 1.807) is 0 Å². The molecular formula is C14H22BrN5O. The fraction of sp³-hybridized carbons (Fsp3) is 0.714. The van der Waals surface area contributed by atoms with Crippen LogP contribution in [-0.4, -0.2) is 61.5 Å². The molecule has 0 radical (unpaired) electrons. The molecule has 0 saturated carbocycles. The van der Waals surface area contributed by atoms with Gasteiger partial charge in [0.2, 0.25) is 0 Å². The molecule has 0 aromatic carbocycles. The first kappa shape index (κ1) is 15.0. The van der Waals surface area contributed by atoms with Crippen LogP contribution in [0.2, 0.25) is 0 Å². The van der Waals surface area contributed by atoms with Gasteiger partial charge in [0.15, 0.2) is 0 Å². The highest BCUT2D eigenvalue weighted by atomic mass is 79.9. The highest BCUT2D eigenvalue weighted by Crippen LogP contribution is 2.32. The van der Waals surface area contributed by atoms with Crippen LogP contribution in [0, 0.1) is 11.8 Å². The van der Waals surface area contributed by atoms with Crippen molar-refractivity contribution in [2.24, 2.45) is 11.8 Å². The minimum atomic E-state index is -0.0375. The monoisotopic (exact) mass is 355 g/mol. The molecule has 1 N–H and O–H groups in total. The number of nitrogens with zero attached hydrogens (tertiary/aromatic N) is 4. The van der Waals surface area contributed by atoms with E-state index in [4.69, 9.17) is 0 Å². The topological polar surface area (TPSA) is 53.4 Å². The normalized spacial score (nSPS) is 24.9. The van der Waals surface area contributed by atoms with Crippen molar-refractivity contribution in [2.75, 3.05) is 51.7 Å². The fourth-order valence-electron chi connectivity index (χ4n) is 3.18. The minimum absolute atomic E-state index is 0.0375. The van der Waals surface area contributed by atoms with Crippen LogP contribution in [0.3, 0.4) is 0 Å². The highest BCUT2D eigenvalue weighted by molar-refractivity contribution is 9.10. The summed E-state index contributed by atoms with van der Waals surface area (Å²) in [4.78, 5) is 16.7. The van der Waals surface area contributed by atoms with Crippen LogP contribution < -0.4 is 15.8 Å². The second-order valence-electron chi connectivity index (χ2n) is 6.26. The van der Waals surface area contributed by atoms with Gasteiger partial charge in [-0.3, -0.25) is 4.79 Å². The molecule has 2 fully saturated rings. The van der Waals surface area contributed by atoms with Crippen molar-refractivity contribution in [1.82, 2.24) is 20.0 Å². The Morgan fingerprint density at radius 3 is 2.67 bits per heavy atom. The van der Waals surface area contributed by atoms with E-state index in [1.807, 2.05) is 25.2 Å². The molecule has 116 valence electrons. The Hall–Kier alpha value is -0.920. The summed E-state index contributed by atoms with van der Waals surface area (Å²) < 4.78 is 2.18. The predicted octanol–water partition coefficient (Wildman–Crippen LogP) is 0.223. The van der Waals surface area contributed by atoms with Gasteiger partial charge in [-0.25, -0.2) is 4.68 Å². The van der Waals surface area contributed by atoms with Crippen LogP contribution in [0.4, 0.5) is 5.69 Å². The van der Waals surface area contributed by atoms with Crippen molar-refractivity contribution in [3.8, 4) is 0 Å². The smallest absolute Gasteiger partial charge is 0.283 e. The number of rotatable bonds is 4. The number of halogens is 1. The van der Waals surface area contributed by atoms with Crippen molar-refractivity contribution in [1.29, 1.82) is 0 Å². The Kier molecular flexibility index (Phi) is 4.33. The Morgan fingerprint density at radius 2 is 2.05 bits per heavy atom. The molecule has 2 aliphatic rings. The molecule has 0 spiro atoms. The van der Waals surface area contributed by atoms with Gasteiger partial charge in [-0.1, -0.05) is 0 Å². The van der Waals surface area contributed by atoms with E-state index in [1.165, 1.54) is 4.68 Å². The molecule has 2 aliphatic heterocycles. The molecule has 1 aromatic heterocycles. The summed E-state index contributed by atoms with van der Waals surface area (Å²) in [5.74, 6) is 1.40. The Labute approximate surface area is 133 Å². The maximum Gasteiger partial charge on any atom is 0.283 e. The molecule has 0 bridgehead atoms. The van der Waals surface area contributed by atoms with Crippen LogP contribution >= 0.6 is 15.9 Å². The summed E-state index contributed by atoms with van der Waals surface area (Å²) in [6.45, 7) is 5.62. The Morgan fingerprint density at radius 1 is 1.38 bits per heavy atom. The summed E-state index contributed by atoms with van der Waals surface area (Å²) in [6.07, 6.45) is 1.83. The molecule has 3 heterocycles. The number of hydrogen-bond acceptors (Lipinski definition) is 5. The number of hydrogen-bond donors (Lipinski definition) is 1. The van der Waals surface area contributed by atoms with Crippen LogP contribution in [0.5, 0.6) is 0 Å². The third-order valence-corrected chi connectivity index (χ3v) is 5.20. The van der Waals surface area contributed by atoms with E-state index in [9.17, 15) is 4.79 Å². The molecule has 0 amide bonds. The van der Waals surface area contributed by atoms with Crippen LogP contribution in [0.25, 0.3) is 0 Å². The Bertz CT molecular complexity index is 561. The number of nitrogens with one attached hydrogen (secondary N) is 1. The quantitative estimate of drug-likeness (QED) is 0.837. The zero-order valence-electron chi connectivity index (χ0n) is 12.5. The third-order valence-electron chi connectivity index (χ3n) is 4.46. The summed E-state index contributed by atoms with van der Waals surface area (Å²) >= 11 is 3.48. The van der Waals surface area contributed by atoms with Crippen LogP contribution in [0.15, 0.2) is 15.5 Å². The first-order chi connectivity index (χ1) is 10.1. The first-order valence-electron chi connectivity index (χ1n) is 7.42. The van der Waals surface area contributed by atoms with Gasteiger partial charge in [0.1, 0.15) is 4.47 Å². The Balaban J connectivity index is 1.78. The van der Waals surface area contributed by atoms with Gasteiger partial charge in [-0.15, -0.1) is 0 Å². The second kappa shape index (κ2) is 6.06. The third kappa shape index (κ3) is 3.00. The largest absolute Gasteiger partial charge is 0.368 e. The lowest BCUT2D eigenvalue weighted by Gasteiger charge is -2.21. The van der Waals surface area contributed by atoms with Gasteiger partial charge in [0, 0.05) is 32.7 Å². The molecule has 1 aromatic rings. The van der Waals surface area contributed by atoms with E-state index in [-0.39, 0.29) is 5.56 Å². The molecule has 0 unspecified atom stereocenters. The van der Waals surface area contributed by atoms with Gasteiger partial charge < -0.3 is 15.1 Å². The number of fused-ring (bicyclic) bond motifs is 1. The molecule has 3 rings (SSSR count). The van der Waals surface area contributed by atoms with Crippen molar-refractivity contribution in [3.05, 3.63) is 21.0 Å². The number of likely N-dealkylation sites (N-methyl/N-ethyl adjacent to an activating group) is 1. The molecular weight excluding hydrogens is 334 g/mol. The van der Waals surface area contributed by atoms with Crippen molar-refractivity contribution < 1.29 is 0 Å². The SMILES string of the molecule is CN(C)CCn1ncc(N2C[C@H]3CNC[C@H]3C2)c(Br)c1=O. The van der Waals surface area contributed by atoms with Crippen LogP contribution in [0.1, 0.15) is 0 Å². The van der Waals surface area contributed by atoms with Crippen LogP contribution in [-0.2, 0) is 6.54 Å². The summed E-state index contributed by atoms with van der Waals surface area (Å²) in [5.41, 5.74) is 0.903. The van der Waals surface area contributed by atoms with Gasteiger partial charge in [-0.05, 0) is 41.9 Å². The van der Waals surface area contributed by atoms with E-state index in [2.05, 4.69) is 31.2 Å². The highest BCUT2D eigenvalue weighted by Gasteiger charge is 2.37. The average Bonchev–Trinajstić information content (AvgIpc) is 3.01. The van der Waals surface area contributed by atoms with E-state index in [0.29, 0.717) is 22.9 Å².